The first-order valence-corrected chi connectivity index (χ1v) is 6.56. The minimum absolute atomic E-state index is 0. The number of benzene rings is 1. The summed E-state index contributed by atoms with van der Waals surface area (Å²) in [5.41, 5.74) is 6.77. The summed E-state index contributed by atoms with van der Waals surface area (Å²) in [4.78, 5) is 13.8. The summed E-state index contributed by atoms with van der Waals surface area (Å²) in [7, 11) is 0. The first-order chi connectivity index (χ1) is 8.79. The molecule has 1 fully saturated rings. The van der Waals surface area contributed by atoms with Gasteiger partial charge in [0.2, 0.25) is 0 Å². The number of urea groups is 1. The average Bonchev–Trinajstić information content (AvgIpc) is 2.46. The Kier molecular flexibility index (Phi) is 6.67. The largest absolute Gasteiger partial charge is 0.334 e. The number of piperidine rings is 1. The number of nitrogens with two attached hydrogens (primary N) is 1. The second-order valence-corrected chi connectivity index (χ2v) is 4.81. The van der Waals surface area contributed by atoms with E-state index in [0.717, 1.165) is 38.0 Å². The van der Waals surface area contributed by atoms with Gasteiger partial charge in [0.15, 0.2) is 0 Å². The standard InChI is InChI=1S/C14H21N3O.ClH/c15-10-12-6-8-17(9-7-12)14(18)16-11-13-4-2-1-3-5-13;/h1-5,12H,6-11,15H2,(H,16,18);1H. The average molecular weight is 284 g/mol. The Labute approximate surface area is 120 Å². The summed E-state index contributed by atoms with van der Waals surface area (Å²) >= 11 is 0. The van der Waals surface area contributed by atoms with Crippen LogP contribution in [0.25, 0.3) is 0 Å². The lowest BCUT2D eigenvalue weighted by atomic mass is 9.97. The minimum Gasteiger partial charge on any atom is -0.334 e. The van der Waals surface area contributed by atoms with Crippen LogP contribution < -0.4 is 11.1 Å². The number of likely N-dealkylation sites (tertiary alicyclic amines) is 1. The number of carbonyl (C=O) groups excluding carboxylic acids is 1. The van der Waals surface area contributed by atoms with Crippen LogP contribution in [-0.2, 0) is 6.54 Å². The van der Waals surface area contributed by atoms with Gasteiger partial charge in [-0.25, -0.2) is 4.79 Å². The molecule has 1 aromatic rings. The van der Waals surface area contributed by atoms with Crippen LogP contribution in [0.3, 0.4) is 0 Å². The van der Waals surface area contributed by atoms with E-state index in [4.69, 9.17) is 5.73 Å². The molecule has 19 heavy (non-hydrogen) atoms. The molecule has 0 bridgehead atoms. The molecule has 0 spiro atoms. The molecular weight excluding hydrogens is 262 g/mol. The molecule has 2 amide bonds. The van der Waals surface area contributed by atoms with E-state index >= 15 is 0 Å². The molecule has 1 aliphatic rings. The zero-order chi connectivity index (χ0) is 12.8. The Balaban J connectivity index is 0.00000180. The molecule has 1 saturated heterocycles. The van der Waals surface area contributed by atoms with Crippen LogP contribution in [0.15, 0.2) is 30.3 Å². The van der Waals surface area contributed by atoms with Gasteiger partial charge in [0.25, 0.3) is 0 Å². The predicted molar refractivity (Wildman–Crippen MR) is 79.3 cm³/mol. The van der Waals surface area contributed by atoms with E-state index < -0.39 is 0 Å². The van der Waals surface area contributed by atoms with Crippen molar-refractivity contribution >= 4 is 18.4 Å². The highest BCUT2D eigenvalue weighted by Gasteiger charge is 2.21. The molecule has 0 aromatic heterocycles. The highest BCUT2D eigenvalue weighted by atomic mass is 35.5. The van der Waals surface area contributed by atoms with Crippen LogP contribution in [0.2, 0.25) is 0 Å². The maximum atomic E-state index is 11.9. The van der Waals surface area contributed by atoms with Crippen LogP contribution in [0, 0.1) is 5.92 Å². The van der Waals surface area contributed by atoms with Crippen molar-refractivity contribution in [2.75, 3.05) is 19.6 Å². The van der Waals surface area contributed by atoms with Crippen LogP contribution >= 0.6 is 12.4 Å². The molecule has 4 nitrogen and oxygen atoms in total. The van der Waals surface area contributed by atoms with Gasteiger partial charge in [0.05, 0.1) is 0 Å². The summed E-state index contributed by atoms with van der Waals surface area (Å²) in [5, 5.41) is 2.96. The molecule has 0 unspecified atom stereocenters. The summed E-state index contributed by atoms with van der Waals surface area (Å²) in [6.07, 6.45) is 2.05. The third-order valence-electron chi connectivity index (χ3n) is 3.52. The monoisotopic (exact) mass is 283 g/mol. The molecule has 106 valence electrons. The highest BCUT2D eigenvalue weighted by molar-refractivity contribution is 5.85. The number of carbonyl (C=O) groups is 1. The fourth-order valence-corrected chi connectivity index (χ4v) is 2.26. The zero-order valence-corrected chi connectivity index (χ0v) is 11.9. The molecule has 1 aliphatic heterocycles. The Hall–Kier alpha value is -1.26. The Bertz CT molecular complexity index is 378. The predicted octanol–water partition coefficient (Wildman–Crippen LogP) is 1.99. The lowest BCUT2D eigenvalue weighted by Gasteiger charge is -2.31. The van der Waals surface area contributed by atoms with Gasteiger partial charge in [-0.3, -0.25) is 0 Å². The van der Waals surface area contributed by atoms with E-state index in [1.807, 2.05) is 35.2 Å². The van der Waals surface area contributed by atoms with Crippen LogP contribution in [-0.4, -0.2) is 30.6 Å². The van der Waals surface area contributed by atoms with Crippen molar-refractivity contribution in [3.63, 3.8) is 0 Å². The topological polar surface area (TPSA) is 58.4 Å². The molecule has 5 heteroatoms. The molecule has 2 rings (SSSR count). The van der Waals surface area contributed by atoms with E-state index in [-0.39, 0.29) is 18.4 Å². The van der Waals surface area contributed by atoms with Gasteiger partial charge in [-0.1, -0.05) is 30.3 Å². The van der Waals surface area contributed by atoms with Crippen LogP contribution in [0.4, 0.5) is 4.79 Å². The van der Waals surface area contributed by atoms with Crippen molar-refractivity contribution in [3.05, 3.63) is 35.9 Å². The first-order valence-electron chi connectivity index (χ1n) is 6.56. The van der Waals surface area contributed by atoms with Crippen LogP contribution in [0.1, 0.15) is 18.4 Å². The number of nitrogens with one attached hydrogen (secondary N) is 1. The second kappa shape index (κ2) is 8.02. The molecular formula is C14H22ClN3O. The van der Waals surface area contributed by atoms with E-state index in [1.165, 1.54) is 0 Å². The Morgan fingerprint density at radius 2 is 1.89 bits per heavy atom. The highest BCUT2D eigenvalue weighted by Crippen LogP contribution is 2.15. The van der Waals surface area contributed by atoms with Gasteiger partial charge >= 0.3 is 6.03 Å². The Morgan fingerprint density at radius 1 is 1.26 bits per heavy atom. The summed E-state index contributed by atoms with van der Waals surface area (Å²) < 4.78 is 0. The normalized spacial score (nSPS) is 15.7. The summed E-state index contributed by atoms with van der Waals surface area (Å²) in [6, 6.07) is 10.0. The number of nitrogens with zero attached hydrogens (tertiary/aromatic N) is 1. The summed E-state index contributed by atoms with van der Waals surface area (Å²) in [5.74, 6) is 0.586. The zero-order valence-electron chi connectivity index (χ0n) is 11.0. The molecule has 0 radical (unpaired) electrons. The van der Waals surface area contributed by atoms with Crippen molar-refractivity contribution in [2.45, 2.75) is 19.4 Å². The van der Waals surface area contributed by atoms with Gasteiger partial charge in [0.1, 0.15) is 0 Å². The third kappa shape index (κ3) is 4.73. The lowest BCUT2D eigenvalue weighted by Crippen LogP contribution is -2.45. The van der Waals surface area contributed by atoms with Crippen molar-refractivity contribution in [3.8, 4) is 0 Å². The first kappa shape index (κ1) is 15.8. The van der Waals surface area contributed by atoms with E-state index in [1.54, 1.807) is 0 Å². The quantitative estimate of drug-likeness (QED) is 0.891. The molecule has 0 aliphatic carbocycles. The SMILES string of the molecule is Cl.NCC1CCN(C(=O)NCc2ccccc2)CC1. The molecule has 0 atom stereocenters. The van der Waals surface area contributed by atoms with Crippen molar-refractivity contribution in [1.82, 2.24) is 10.2 Å². The van der Waals surface area contributed by atoms with Crippen molar-refractivity contribution in [2.24, 2.45) is 11.7 Å². The molecule has 1 aromatic carbocycles. The fraction of sp³-hybridized carbons (Fsp3) is 0.500. The number of halogens is 1. The van der Waals surface area contributed by atoms with Crippen LogP contribution in [0.5, 0.6) is 0 Å². The number of hydrogen-bond acceptors (Lipinski definition) is 2. The fourth-order valence-electron chi connectivity index (χ4n) is 2.26. The maximum Gasteiger partial charge on any atom is 0.317 e. The van der Waals surface area contributed by atoms with Gasteiger partial charge in [-0.15, -0.1) is 12.4 Å². The van der Waals surface area contributed by atoms with E-state index in [0.29, 0.717) is 12.5 Å². The number of amides is 2. The van der Waals surface area contributed by atoms with Crippen molar-refractivity contribution in [1.29, 1.82) is 0 Å². The number of hydrogen-bond donors (Lipinski definition) is 2. The van der Waals surface area contributed by atoms with Gasteiger partial charge in [0, 0.05) is 19.6 Å². The Morgan fingerprint density at radius 3 is 2.47 bits per heavy atom. The second-order valence-electron chi connectivity index (χ2n) is 4.81. The van der Waals surface area contributed by atoms with Gasteiger partial charge in [-0.2, -0.15) is 0 Å². The minimum atomic E-state index is 0. The van der Waals surface area contributed by atoms with Crippen molar-refractivity contribution < 1.29 is 4.79 Å². The molecule has 0 saturated carbocycles. The third-order valence-corrected chi connectivity index (χ3v) is 3.52. The lowest BCUT2D eigenvalue weighted by molar-refractivity contribution is 0.171. The molecule has 3 N–H and O–H groups in total. The summed E-state index contributed by atoms with van der Waals surface area (Å²) in [6.45, 7) is 2.97. The van der Waals surface area contributed by atoms with Gasteiger partial charge in [-0.05, 0) is 30.9 Å². The number of rotatable bonds is 3. The van der Waals surface area contributed by atoms with E-state index in [9.17, 15) is 4.79 Å². The van der Waals surface area contributed by atoms with E-state index in [2.05, 4.69) is 5.32 Å². The smallest absolute Gasteiger partial charge is 0.317 e. The molecule has 1 heterocycles. The maximum absolute atomic E-state index is 11.9. The van der Waals surface area contributed by atoms with Gasteiger partial charge < -0.3 is 16.0 Å².